The third kappa shape index (κ3) is 64.2. The SMILES string of the molecule is CC.CC.CN.CNCCCCC(NC(=O)CCOCCOCCOCCOCCOCCOCCOCCOCCNC(C)=O)C(=O)NCCOCCOCC(=O)NCCCCC(C=O)NC(=O)CCNC(C)=O. The molecule has 0 saturated heterocycles. The highest BCUT2D eigenvalue weighted by atomic mass is 16.6. The first-order valence-electron chi connectivity index (χ1n) is 26.7. The molecule has 0 bridgehead atoms. The van der Waals surface area contributed by atoms with Crippen molar-refractivity contribution in [2.24, 2.45) is 5.73 Å². The van der Waals surface area contributed by atoms with Crippen LogP contribution < -0.4 is 43.0 Å². The molecule has 0 saturated carbocycles. The molecule has 0 heterocycles. The fourth-order valence-electron chi connectivity index (χ4n) is 5.62. The second kappa shape index (κ2) is 66.1. The van der Waals surface area contributed by atoms with E-state index in [1.807, 2.05) is 34.7 Å². The molecule has 0 aliphatic heterocycles. The fourth-order valence-corrected chi connectivity index (χ4v) is 5.62. The summed E-state index contributed by atoms with van der Waals surface area (Å²) in [7, 11) is 3.35. The quantitative estimate of drug-likeness (QED) is 0.0289. The molecule has 444 valence electrons. The second-order valence-corrected chi connectivity index (χ2v) is 15.2. The Bertz CT molecular complexity index is 1310. The van der Waals surface area contributed by atoms with Crippen molar-refractivity contribution in [3.63, 3.8) is 0 Å². The van der Waals surface area contributed by atoms with Gasteiger partial charge >= 0.3 is 0 Å². The van der Waals surface area contributed by atoms with Crippen LogP contribution in [0.4, 0.5) is 0 Å². The number of unbranched alkanes of at least 4 members (excludes halogenated alkanes) is 2. The summed E-state index contributed by atoms with van der Waals surface area (Å²) in [4.78, 5) is 82.4. The molecule has 0 rings (SSSR count). The molecule has 6 amide bonds. The molecule has 2 atom stereocenters. The summed E-state index contributed by atoms with van der Waals surface area (Å²) in [6.07, 6.45) is 4.54. The summed E-state index contributed by atoms with van der Waals surface area (Å²) in [5, 5.41) is 19.2. The summed E-state index contributed by atoms with van der Waals surface area (Å²) >= 11 is 0. The van der Waals surface area contributed by atoms with Gasteiger partial charge in [0.2, 0.25) is 35.4 Å². The number of nitrogens with two attached hydrogens (primary N) is 1. The zero-order chi connectivity index (χ0) is 56.7. The van der Waals surface area contributed by atoms with Gasteiger partial charge in [0.1, 0.15) is 18.9 Å². The third-order valence-electron chi connectivity index (χ3n) is 9.17. The van der Waals surface area contributed by atoms with Gasteiger partial charge in [0.15, 0.2) is 0 Å². The minimum absolute atomic E-state index is 0.0794. The van der Waals surface area contributed by atoms with Gasteiger partial charge in [0, 0.05) is 52.9 Å². The first-order chi connectivity index (χ1) is 36.6. The van der Waals surface area contributed by atoms with Crippen molar-refractivity contribution < 1.29 is 80.9 Å². The van der Waals surface area contributed by atoms with Crippen molar-refractivity contribution in [1.82, 2.24) is 37.2 Å². The van der Waals surface area contributed by atoms with Gasteiger partial charge in [-0.05, 0) is 59.2 Å². The Balaban J connectivity index is -0.00000404. The number of hydrogen-bond acceptors (Lipinski definition) is 19. The lowest BCUT2D eigenvalue weighted by Crippen LogP contribution is -2.47. The summed E-state index contributed by atoms with van der Waals surface area (Å²) in [6.45, 7) is 19.9. The van der Waals surface area contributed by atoms with E-state index in [4.69, 9.17) is 47.4 Å². The highest BCUT2D eigenvalue weighted by Gasteiger charge is 2.20. The summed E-state index contributed by atoms with van der Waals surface area (Å²) in [5.74, 6) is -1.54. The van der Waals surface area contributed by atoms with Crippen LogP contribution in [0.2, 0.25) is 0 Å². The average molecular weight is 1090 g/mol. The van der Waals surface area contributed by atoms with E-state index in [0.29, 0.717) is 144 Å². The number of aldehydes is 1. The highest BCUT2D eigenvalue weighted by Crippen LogP contribution is 2.03. The van der Waals surface area contributed by atoms with Crippen molar-refractivity contribution in [1.29, 1.82) is 0 Å². The Morgan fingerprint density at radius 1 is 0.413 bits per heavy atom. The molecule has 75 heavy (non-hydrogen) atoms. The van der Waals surface area contributed by atoms with Crippen LogP contribution in [0.1, 0.15) is 92.9 Å². The van der Waals surface area contributed by atoms with E-state index >= 15 is 0 Å². The number of hydrogen-bond donors (Lipinski definition) is 8. The maximum atomic E-state index is 12.9. The van der Waals surface area contributed by atoms with E-state index in [1.165, 1.54) is 20.9 Å². The van der Waals surface area contributed by atoms with Crippen molar-refractivity contribution in [2.75, 3.05) is 179 Å². The van der Waals surface area contributed by atoms with E-state index in [-0.39, 0.29) is 94.4 Å². The van der Waals surface area contributed by atoms with Crippen molar-refractivity contribution in [3.8, 4) is 0 Å². The van der Waals surface area contributed by atoms with Crippen LogP contribution in [0.3, 0.4) is 0 Å². The molecule has 0 aromatic carbocycles. The Hall–Kier alpha value is -3.99. The number of carbonyl (C=O) groups excluding carboxylic acids is 7. The van der Waals surface area contributed by atoms with Gasteiger partial charge in [-0.2, -0.15) is 0 Å². The zero-order valence-corrected chi connectivity index (χ0v) is 47.1. The normalized spacial score (nSPS) is 11.2. The smallest absolute Gasteiger partial charge is 0.245 e. The van der Waals surface area contributed by atoms with Gasteiger partial charge in [0.05, 0.1) is 132 Å². The van der Waals surface area contributed by atoms with E-state index in [0.717, 1.165) is 19.4 Å². The predicted molar refractivity (Wildman–Crippen MR) is 285 cm³/mol. The highest BCUT2D eigenvalue weighted by molar-refractivity contribution is 5.87. The largest absolute Gasteiger partial charge is 0.379 e. The zero-order valence-electron chi connectivity index (χ0n) is 47.1. The minimum atomic E-state index is -0.701. The van der Waals surface area contributed by atoms with Gasteiger partial charge in [-0.15, -0.1) is 0 Å². The lowest BCUT2D eigenvalue weighted by molar-refractivity contribution is -0.130. The molecule has 9 N–H and O–H groups in total. The second-order valence-electron chi connectivity index (χ2n) is 15.2. The molecule has 2 unspecified atom stereocenters. The monoisotopic (exact) mass is 1090 g/mol. The van der Waals surface area contributed by atoms with Crippen LogP contribution in [0.15, 0.2) is 0 Å². The van der Waals surface area contributed by atoms with Crippen molar-refractivity contribution >= 4 is 41.7 Å². The number of amides is 6. The Morgan fingerprint density at radius 3 is 1.25 bits per heavy atom. The Labute approximate surface area is 448 Å². The van der Waals surface area contributed by atoms with E-state index in [9.17, 15) is 33.6 Å². The van der Waals surface area contributed by atoms with E-state index in [2.05, 4.69) is 43.0 Å². The molecule has 0 aromatic rings. The number of ether oxygens (including phenoxy) is 10. The predicted octanol–water partition coefficient (Wildman–Crippen LogP) is -0.207. The molecule has 25 nitrogen and oxygen atoms in total. The third-order valence-corrected chi connectivity index (χ3v) is 9.17. The van der Waals surface area contributed by atoms with Crippen LogP contribution >= 0.6 is 0 Å². The molecule has 0 aromatic heterocycles. The van der Waals surface area contributed by atoms with Crippen LogP contribution in [0.5, 0.6) is 0 Å². The van der Waals surface area contributed by atoms with Gasteiger partial charge in [-0.1, -0.05) is 27.7 Å². The molecule has 0 aliphatic carbocycles. The number of rotatable bonds is 52. The van der Waals surface area contributed by atoms with Crippen molar-refractivity contribution in [2.45, 2.75) is 105 Å². The molecule has 0 spiro atoms. The maximum absolute atomic E-state index is 12.9. The first kappa shape index (κ1) is 77.5. The Kier molecular flexibility index (Phi) is 68.3. The molecule has 0 radical (unpaired) electrons. The van der Waals surface area contributed by atoms with Crippen LogP contribution in [-0.4, -0.2) is 233 Å². The summed E-state index contributed by atoms with van der Waals surface area (Å²) in [5.41, 5.74) is 4.50. The molecule has 25 heteroatoms. The van der Waals surface area contributed by atoms with Gasteiger partial charge < -0.3 is 95.1 Å². The first-order valence-corrected chi connectivity index (χ1v) is 26.7. The van der Waals surface area contributed by atoms with Gasteiger partial charge in [-0.25, -0.2) is 0 Å². The molecular formula is C50H102N8O17. The van der Waals surface area contributed by atoms with Crippen molar-refractivity contribution in [3.05, 3.63) is 0 Å². The van der Waals surface area contributed by atoms with Crippen LogP contribution in [0, 0.1) is 0 Å². The lowest BCUT2D eigenvalue weighted by atomic mass is 10.1. The van der Waals surface area contributed by atoms with E-state index in [1.54, 1.807) is 0 Å². The summed E-state index contributed by atoms with van der Waals surface area (Å²) < 4.78 is 54.5. The molecular weight excluding hydrogens is 985 g/mol. The topological polar surface area (TPSA) is 322 Å². The van der Waals surface area contributed by atoms with Crippen LogP contribution in [-0.2, 0) is 80.9 Å². The number of carbonyl (C=O) groups is 7. The number of nitrogens with one attached hydrogen (secondary N) is 7. The van der Waals surface area contributed by atoms with Gasteiger partial charge in [-0.3, -0.25) is 28.8 Å². The summed E-state index contributed by atoms with van der Waals surface area (Å²) in [6, 6.07) is -1.33. The maximum Gasteiger partial charge on any atom is 0.245 e. The molecule has 0 fully saturated rings. The minimum Gasteiger partial charge on any atom is -0.379 e. The lowest BCUT2D eigenvalue weighted by Gasteiger charge is -2.19. The fraction of sp³-hybridized carbons (Fsp3) is 0.860. The average Bonchev–Trinajstić information content (AvgIpc) is 3.40. The molecule has 0 aliphatic rings. The Morgan fingerprint density at radius 2 is 0.800 bits per heavy atom. The van der Waals surface area contributed by atoms with Gasteiger partial charge in [0.25, 0.3) is 0 Å². The van der Waals surface area contributed by atoms with Crippen LogP contribution in [0.25, 0.3) is 0 Å². The standard InChI is InChI=1S/C45H85N7O17.2C2H6.CH5N/c1-38(54)47-14-10-42(56)51-40(36-53)8-4-7-13-49-44(58)37-69-35-34-62-19-16-50-45(59)41(9-5-6-12-46-3)52-43(57)11-17-60-20-22-63-24-26-65-28-30-67-32-33-68-31-29-66-27-25-64-23-21-61-18-15-48-39(2)55;3*1-2/h36,40-41,46H,4-35,37H2,1-3H3,(H,47,54)(H,48,55)(H,49,58)(H,50,59)(H,51,56)(H,52,57);2*1-2H3;2H2,1H3. The van der Waals surface area contributed by atoms with E-state index < -0.39 is 12.1 Å².